The van der Waals surface area contributed by atoms with Gasteiger partial charge in [0.2, 0.25) is 0 Å². The number of rotatable bonds is 6. The third-order valence-corrected chi connectivity index (χ3v) is 4.27. The first-order chi connectivity index (χ1) is 10.2. The molecule has 0 bridgehead atoms. The second kappa shape index (κ2) is 7.66. The van der Waals surface area contributed by atoms with Crippen molar-refractivity contribution in [3.63, 3.8) is 0 Å². The number of anilines is 1. The second-order valence-corrected chi connectivity index (χ2v) is 5.85. The average molecular weight is 291 g/mol. The first kappa shape index (κ1) is 16.1. The molecule has 0 aromatic heterocycles. The summed E-state index contributed by atoms with van der Waals surface area (Å²) >= 11 is 0. The summed E-state index contributed by atoms with van der Waals surface area (Å²) in [6.45, 7) is 12.8. The Morgan fingerprint density at radius 3 is 2.48 bits per heavy atom. The maximum absolute atomic E-state index is 10.3. The molecule has 118 valence electrons. The third-order valence-electron chi connectivity index (χ3n) is 4.27. The van der Waals surface area contributed by atoms with Crippen molar-refractivity contribution >= 4 is 5.69 Å². The summed E-state index contributed by atoms with van der Waals surface area (Å²) < 4.78 is 0. The highest BCUT2D eigenvalue weighted by Crippen LogP contribution is 2.29. The molecule has 1 aromatic carbocycles. The van der Waals surface area contributed by atoms with Crippen molar-refractivity contribution in [1.29, 1.82) is 0 Å². The molecular weight excluding hydrogens is 262 g/mol. The Labute approximate surface area is 128 Å². The summed E-state index contributed by atoms with van der Waals surface area (Å²) in [4.78, 5) is 4.88. The molecule has 0 saturated carbocycles. The number of nitrogens with zero attached hydrogens (tertiary/aromatic N) is 2. The van der Waals surface area contributed by atoms with E-state index in [1.54, 1.807) is 0 Å². The van der Waals surface area contributed by atoms with Crippen LogP contribution in [0.4, 0.5) is 5.69 Å². The Morgan fingerprint density at radius 1 is 1.19 bits per heavy atom. The Kier molecular flexibility index (Phi) is 5.88. The van der Waals surface area contributed by atoms with Gasteiger partial charge in [-0.05, 0) is 32.5 Å². The summed E-state index contributed by atoms with van der Waals surface area (Å²) in [5.41, 5.74) is 2.11. The lowest BCUT2D eigenvalue weighted by molar-refractivity contribution is 0.258. The topological polar surface area (TPSA) is 38.7 Å². The van der Waals surface area contributed by atoms with E-state index in [2.05, 4.69) is 48.0 Å². The molecule has 4 heteroatoms. The number of phenolic OH excluding ortho intramolecular Hbond substituents is 1. The van der Waals surface area contributed by atoms with E-state index in [1.165, 1.54) is 13.0 Å². The van der Waals surface area contributed by atoms with Gasteiger partial charge in [-0.3, -0.25) is 4.90 Å². The minimum atomic E-state index is 0.186. The fraction of sp³-hybridized carbons (Fsp3) is 0.647. The Hall–Kier alpha value is -1.26. The van der Waals surface area contributed by atoms with Gasteiger partial charge in [-0.25, -0.2) is 0 Å². The molecule has 4 nitrogen and oxygen atoms in total. The highest BCUT2D eigenvalue weighted by Gasteiger charge is 2.18. The van der Waals surface area contributed by atoms with Crippen LogP contribution in [0, 0.1) is 0 Å². The fourth-order valence-electron chi connectivity index (χ4n) is 3.06. The Bertz CT molecular complexity index is 442. The van der Waals surface area contributed by atoms with Crippen LogP contribution in [0.3, 0.4) is 0 Å². The highest BCUT2D eigenvalue weighted by molar-refractivity contribution is 5.54. The largest absolute Gasteiger partial charge is 0.508 e. The summed E-state index contributed by atoms with van der Waals surface area (Å²) in [5.74, 6) is 0.400. The van der Waals surface area contributed by atoms with Gasteiger partial charge in [0.05, 0.1) is 0 Å². The van der Waals surface area contributed by atoms with Crippen LogP contribution in [0.5, 0.6) is 5.75 Å². The summed E-state index contributed by atoms with van der Waals surface area (Å²) in [6, 6.07) is 6.29. The molecule has 1 saturated heterocycles. The first-order valence-electron chi connectivity index (χ1n) is 8.19. The lowest BCUT2D eigenvalue weighted by Gasteiger charge is -2.36. The predicted molar refractivity (Wildman–Crippen MR) is 89.1 cm³/mol. The molecule has 2 N–H and O–H groups in total. The number of hydrogen-bond acceptors (Lipinski definition) is 4. The van der Waals surface area contributed by atoms with Crippen LogP contribution in [-0.4, -0.2) is 49.3 Å². The zero-order chi connectivity index (χ0) is 15.2. The van der Waals surface area contributed by atoms with Crippen molar-refractivity contribution in [2.24, 2.45) is 0 Å². The van der Waals surface area contributed by atoms with Crippen molar-refractivity contribution in [2.75, 3.05) is 44.2 Å². The van der Waals surface area contributed by atoms with E-state index in [9.17, 15) is 5.11 Å². The maximum Gasteiger partial charge on any atom is 0.122 e. The average Bonchev–Trinajstić information content (AvgIpc) is 2.48. The molecule has 1 atom stereocenters. The molecule has 1 aromatic rings. The lowest BCUT2D eigenvalue weighted by atomic mass is 10.1. The van der Waals surface area contributed by atoms with E-state index in [4.69, 9.17) is 0 Å². The fourth-order valence-corrected chi connectivity index (χ4v) is 3.06. The van der Waals surface area contributed by atoms with E-state index < -0.39 is 0 Å². The molecule has 1 aliphatic rings. The van der Waals surface area contributed by atoms with Gasteiger partial charge >= 0.3 is 0 Å². The van der Waals surface area contributed by atoms with Crippen LogP contribution in [-0.2, 0) is 0 Å². The molecule has 0 amide bonds. The zero-order valence-electron chi connectivity index (χ0n) is 13.6. The first-order valence-corrected chi connectivity index (χ1v) is 8.19. The molecule has 1 fully saturated rings. The molecule has 1 aliphatic heterocycles. The molecule has 0 spiro atoms. The van der Waals surface area contributed by atoms with Gasteiger partial charge in [-0.15, -0.1) is 0 Å². The molecular formula is C17H29N3O. The van der Waals surface area contributed by atoms with Crippen LogP contribution in [0.15, 0.2) is 18.2 Å². The van der Waals surface area contributed by atoms with Gasteiger partial charge in [0.1, 0.15) is 5.75 Å². The Morgan fingerprint density at radius 2 is 1.90 bits per heavy atom. The molecule has 21 heavy (non-hydrogen) atoms. The monoisotopic (exact) mass is 291 g/mol. The lowest BCUT2D eigenvalue weighted by Crippen LogP contribution is -2.46. The van der Waals surface area contributed by atoms with E-state index >= 15 is 0 Å². The summed E-state index contributed by atoms with van der Waals surface area (Å²) in [6.07, 6.45) is 1.22. The van der Waals surface area contributed by atoms with Crippen molar-refractivity contribution < 1.29 is 5.11 Å². The van der Waals surface area contributed by atoms with Crippen molar-refractivity contribution in [2.45, 2.75) is 33.2 Å². The van der Waals surface area contributed by atoms with Gasteiger partial charge in [0.15, 0.2) is 0 Å². The second-order valence-electron chi connectivity index (χ2n) is 5.85. The molecule has 1 heterocycles. The molecule has 0 radical (unpaired) electrons. The van der Waals surface area contributed by atoms with Crippen LogP contribution < -0.4 is 10.2 Å². The highest BCUT2D eigenvalue weighted by atomic mass is 16.3. The van der Waals surface area contributed by atoms with Gasteiger partial charge in [0, 0.05) is 49.5 Å². The van der Waals surface area contributed by atoms with Gasteiger partial charge in [-0.2, -0.15) is 0 Å². The Balaban J connectivity index is 2.00. The van der Waals surface area contributed by atoms with Crippen LogP contribution >= 0.6 is 0 Å². The van der Waals surface area contributed by atoms with E-state index in [0.29, 0.717) is 5.75 Å². The van der Waals surface area contributed by atoms with Crippen LogP contribution in [0.25, 0.3) is 0 Å². The van der Waals surface area contributed by atoms with Gasteiger partial charge < -0.3 is 15.3 Å². The van der Waals surface area contributed by atoms with Crippen molar-refractivity contribution in [3.05, 3.63) is 23.8 Å². The van der Waals surface area contributed by atoms with Gasteiger partial charge in [-0.1, -0.05) is 19.9 Å². The maximum atomic E-state index is 10.3. The number of aromatic hydroxyl groups is 1. The summed E-state index contributed by atoms with van der Waals surface area (Å²) in [5, 5.41) is 13.6. The standard InChI is InChI=1S/C17H29N3O/c1-4-8-19-9-11-20(12-10-19)15-6-7-16(17(21)13-15)14(3)18-5-2/h6-7,13-14,18,21H,4-5,8-12H2,1-3H3. The van der Waals surface area contributed by atoms with Crippen LogP contribution in [0.1, 0.15) is 38.8 Å². The summed E-state index contributed by atoms with van der Waals surface area (Å²) in [7, 11) is 0. The minimum Gasteiger partial charge on any atom is -0.508 e. The molecule has 2 rings (SSSR count). The molecule has 0 aliphatic carbocycles. The zero-order valence-corrected chi connectivity index (χ0v) is 13.6. The third kappa shape index (κ3) is 4.11. The quantitative estimate of drug-likeness (QED) is 0.845. The van der Waals surface area contributed by atoms with E-state index in [-0.39, 0.29) is 6.04 Å². The van der Waals surface area contributed by atoms with Crippen LogP contribution in [0.2, 0.25) is 0 Å². The van der Waals surface area contributed by atoms with E-state index in [1.807, 2.05) is 6.07 Å². The molecule has 1 unspecified atom stereocenters. The van der Waals surface area contributed by atoms with Crippen molar-refractivity contribution in [3.8, 4) is 5.75 Å². The number of nitrogens with one attached hydrogen (secondary N) is 1. The smallest absolute Gasteiger partial charge is 0.122 e. The SMILES string of the molecule is CCCN1CCN(c2ccc(C(C)NCC)c(O)c2)CC1. The van der Waals surface area contributed by atoms with Gasteiger partial charge in [0.25, 0.3) is 0 Å². The number of phenols is 1. The number of hydrogen-bond donors (Lipinski definition) is 2. The number of benzene rings is 1. The number of piperazine rings is 1. The normalized spacial score (nSPS) is 18.0. The van der Waals surface area contributed by atoms with Crippen molar-refractivity contribution in [1.82, 2.24) is 10.2 Å². The minimum absolute atomic E-state index is 0.186. The predicted octanol–water partition coefficient (Wildman–Crippen LogP) is 2.59. The van der Waals surface area contributed by atoms with E-state index in [0.717, 1.165) is 44.0 Å².